The van der Waals surface area contributed by atoms with E-state index in [4.69, 9.17) is 4.74 Å². The second kappa shape index (κ2) is 5.49. The van der Waals surface area contributed by atoms with Gasteiger partial charge in [0.1, 0.15) is 0 Å². The first-order valence-corrected chi connectivity index (χ1v) is 7.11. The molecule has 0 spiro atoms. The van der Waals surface area contributed by atoms with Crippen molar-refractivity contribution in [1.29, 1.82) is 0 Å². The number of hydrogen-bond donors (Lipinski definition) is 0. The highest BCUT2D eigenvalue weighted by atomic mass is 16.5. The molecule has 2 atom stereocenters. The molecule has 1 aliphatic rings. The fraction of sp³-hybridized carbons (Fsp3) is 0.278. The van der Waals surface area contributed by atoms with E-state index >= 15 is 0 Å². The highest BCUT2D eigenvalue weighted by molar-refractivity contribution is 5.77. The van der Waals surface area contributed by atoms with Crippen LogP contribution in [-0.2, 0) is 9.53 Å². The van der Waals surface area contributed by atoms with E-state index in [1.54, 1.807) is 0 Å². The molecule has 0 radical (unpaired) electrons. The average Bonchev–Trinajstić information content (AvgIpc) is 3.29. The maximum absolute atomic E-state index is 11.7. The molecule has 1 aliphatic carbocycles. The third-order valence-electron chi connectivity index (χ3n) is 3.83. The lowest BCUT2D eigenvalue weighted by Crippen LogP contribution is -2.07. The normalized spacial score (nSPS) is 20.4. The molecule has 0 aromatic heterocycles. The maximum Gasteiger partial charge on any atom is 0.309 e. The largest absolute Gasteiger partial charge is 0.466 e. The van der Waals surface area contributed by atoms with E-state index in [0.717, 1.165) is 6.42 Å². The second-order valence-electron chi connectivity index (χ2n) is 5.19. The van der Waals surface area contributed by atoms with Gasteiger partial charge in [-0.1, -0.05) is 54.6 Å². The zero-order chi connectivity index (χ0) is 13.9. The smallest absolute Gasteiger partial charge is 0.309 e. The van der Waals surface area contributed by atoms with Gasteiger partial charge in [0, 0.05) is 0 Å². The lowest BCUT2D eigenvalue weighted by molar-refractivity contribution is -0.144. The first-order valence-electron chi connectivity index (χ1n) is 7.11. The molecular formula is C18H18O2. The molecule has 0 heterocycles. The van der Waals surface area contributed by atoms with Crippen LogP contribution in [-0.4, -0.2) is 12.6 Å². The van der Waals surface area contributed by atoms with Crippen molar-refractivity contribution in [1.82, 2.24) is 0 Å². The molecule has 2 unspecified atom stereocenters. The monoisotopic (exact) mass is 266 g/mol. The van der Waals surface area contributed by atoms with Gasteiger partial charge in [0.25, 0.3) is 0 Å². The highest BCUT2D eigenvalue weighted by Crippen LogP contribution is 2.48. The van der Waals surface area contributed by atoms with E-state index in [-0.39, 0.29) is 11.9 Å². The Kier molecular flexibility index (Phi) is 3.55. The molecule has 2 aromatic carbocycles. The van der Waals surface area contributed by atoms with Gasteiger partial charge in [-0.05, 0) is 36.0 Å². The van der Waals surface area contributed by atoms with Crippen LogP contribution in [0.1, 0.15) is 24.8 Å². The van der Waals surface area contributed by atoms with Crippen LogP contribution in [0.15, 0.2) is 54.6 Å². The summed E-state index contributed by atoms with van der Waals surface area (Å²) in [5, 5.41) is 0. The average molecular weight is 266 g/mol. The van der Waals surface area contributed by atoms with Crippen molar-refractivity contribution in [2.45, 2.75) is 19.3 Å². The van der Waals surface area contributed by atoms with Gasteiger partial charge in [-0.2, -0.15) is 0 Å². The van der Waals surface area contributed by atoms with E-state index < -0.39 is 0 Å². The van der Waals surface area contributed by atoms with Crippen molar-refractivity contribution in [3.63, 3.8) is 0 Å². The van der Waals surface area contributed by atoms with Gasteiger partial charge in [0.2, 0.25) is 0 Å². The molecule has 1 fully saturated rings. The Morgan fingerprint density at radius 2 is 1.70 bits per heavy atom. The molecule has 0 aliphatic heterocycles. The lowest BCUT2D eigenvalue weighted by Gasteiger charge is -2.04. The van der Waals surface area contributed by atoms with Gasteiger partial charge in [0.15, 0.2) is 0 Å². The lowest BCUT2D eigenvalue weighted by atomic mass is 10.0. The van der Waals surface area contributed by atoms with Crippen LogP contribution in [0.3, 0.4) is 0 Å². The summed E-state index contributed by atoms with van der Waals surface area (Å²) in [6, 6.07) is 18.8. The molecule has 2 heteroatoms. The molecule has 20 heavy (non-hydrogen) atoms. The Morgan fingerprint density at radius 3 is 2.35 bits per heavy atom. The van der Waals surface area contributed by atoms with E-state index in [2.05, 4.69) is 36.4 Å². The Morgan fingerprint density at radius 1 is 1.05 bits per heavy atom. The summed E-state index contributed by atoms with van der Waals surface area (Å²) < 4.78 is 5.07. The minimum Gasteiger partial charge on any atom is -0.466 e. The molecule has 102 valence electrons. The topological polar surface area (TPSA) is 26.3 Å². The molecule has 0 N–H and O–H groups in total. The van der Waals surface area contributed by atoms with E-state index in [1.165, 1.54) is 16.7 Å². The minimum atomic E-state index is -0.0513. The fourth-order valence-corrected chi connectivity index (χ4v) is 2.63. The van der Waals surface area contributed by atoms with Crippen LogP contribution >= 0.6 is 0 Å². The van der Waals surface area contributed by atoms with Gasteiger partial charge in [-0.3, -0.25) is 4.79 Å². The summed E-state index contributed by atoms with van der Waals surface area (Å²) in [6.45, 7) is 2.32. The third-order valence-corrected chi connectivity index (χ3v) is 3.83. The molecule has 0 bridgehead atoms. The van der Waals surface area contributed by atoms with Gasteiger partial charge in [-0.15, -0.1) is 0 Å². The Hall–Kier alpha value is -2.09. The summed E-state index contributed by atoms with van der Waals surface area (Å²) in [7, 11) is 0. The molecular weight excluding hydrogens is 248 g/mol. The number of carbonyl (C=O) groups is 1. The third kappa shape index (κ3) is 2.60. The molecule has 1 saturated carbocycles. The van der Waals surface area contributed by atoms with Crippen LogP contribution in [0.25, 0.3) is 11.1 Å². The van der Waals surface area contributed by atoms with Crippen molar-refractivity contribution >= 4 is 5.97 Å². The van der Waals surface area contributed by atoms with Crippen LogP contribution in [0.2, 0.25) is 0 Å². The number of benzene rings is 2. The summed E-state index contributed by atoms with van der Waals surface area (Å²) in [5.41, 5.74) is 3.67. The van der Waals surface area contributed by atoms with Gasteiger partial charge in [0.05, 0.1) is 12.5 Å². The fourth-order valence-electron chi connectivity index (χ4n) is 2.63. The van der Waals surface area contributed by atoms with Crippen molar-refractivity contribution < 1.29 is 9.53 Å². The summed E-state index contributed by atoms with van der Waals surface area (Å²) in [4.78, 5) is 11.7. The SMILES string of the molecule is CCOC(=O)C1CC1c1ccc(-c2ccccc2)cc1. The van der Waals surface area contributed by atoms with Crippen LogP contribution in [0.5, 0.6) is 0 Å². The number of esters is 1. The molecule has 0 saturated heterocycles. The first-order chi connectivity index (χ1) is 9.79. The van der Waals surface area contributed by atoms with Crippen LogP contribution in [0, 0.1) is 5.92 Å². The van der Waals surface area contributed by atoms with Crippen molar-refractivity contribution in [3.8, 4) is 11.1 Å². The molecule has 0 amide bonds. The second-order valence-corrected chi connectivity index (χ2v) is 5.19. The van der Waals surface area contributed by atoms with Gasteiger partial charge < -0.3 is 4.74 Å². The number of ether oxygens (including phenoxy) is 1. The van der Waals surface area contributed by atoms with Crippen molar-refractivity contribution in [3.05, 3.63) is 60.2 Å². The van der Waals surface area contributed by atoms with Crippen LogP contribution < -0.4 is 0 Å². The van der Waals surface area contributed by atoms with Crippen molar-refractivity contribution in [2.24, 2.45) is 5.92 Å². The van der Waals surface area contributed by atoms with Gasteiger partial charge >= 0.3 is 5.97 Å². The summed E-state index contributed by atoms with van der Waals surface area (Å²) in [6.07, 6.45) is 0.920. The number of rotatable bonds is 4. The standard InChI is InChI=1S/C18H18O2/c1-2-20-18(19)17-12-16(17)15-10-8-14(9-11-15)13-6-4-3-5-7-13/h3-11,16-17H,2,12H2,1H3. The zero-order valence-corrected chi connectivity index (χ0v) is 11.6. The van der Waals surface area contributed by atoms with E-state index in [0.29, 0.717) is 12.5 Å². The van der Waals surface area contributed by atoms with E-state index in [9.17, 15) is 4.79 Å². The molecule has 2 aromatic rings. The Balaban J connectivity index is 1.71. The number of carbonyl (C=O) groups excluding carboxylic acids is 1. The summed E-state index contributed by atoms with van der Waals surface area (Å²) in [5.74, 6) is 0.362. The summed E-state index contributed by atoms with van der Waals surface area (Å²) >= 11 is 0. The number of hydrogen-bond acceptors (Lipinski definition) is 2. The van der Waals surface area contributed by atoms with Gasteiger partial charge in [-0.25, -0.2) is 0 Å². The van der Waals surface area contributed by atoms with E-state index in [1.807, 2.05) is 25.1 Å². The Bertz CT molecular complexity index is 587. The highest BCUT2D eigenvalue weighted by Gasteiger charge is 2.44. The van der Waals surface area contributed by atoms with Crippen LogP contribution in [0.4, 0.5) is 0 Å². The zero-order valence-electron chi connectivity index (χ0n) is 11.6. The quantitative estimate of drug-likeness (QED) is 0.781. The molecule has 2 nitrogen and oxygen atoms in total. The predicted octanol–water partition coefficient (Wildman–Crippen LogP) is 4.02. The predicted molar refractivity (Wildman–Crippen MR) is 79.4 cm³/mol. The minimum absolute atomic E-state index is 0.0513. The first kappa shape index (κ1) is 12.9. The van der Waals surface area contributed by atoms with Crippen molar-refractivity contribution in [2.75, 3.05) is 6.61 Å². The maximum atomic E-state index is 11.7. The Labute approximate surface area is 119 Å². The molecule has 3 rings (SSSR count).